The standard InChI is InChI=1S/C20H13Cl2FN4O/c1-12-16(19(22)27(26-12)15-8-6-14(23)7-9-15)10-13(11-24)20(28)25-18-5-3-2-4-17(18)21/h2-10H,1H3,(H,25,28)/b13-10+. The normalized spacial score (nSPS) is 11.2. The summed E-state index contributed by atoms with van der Waals surface area (Å²) >= 11 is 12.4. The Morgan fingerprint density at radius 2 is 1.89 bits per heavy atom. The van der Waals surface area contributed by atoms with Gasteiger partial charge >= 0.3 is 0 Å². The number of para-hydroxylation sites is 1. The molecule has 1 amide bonds. The van der Waals surface area contributed by atoms with E-state index in [9.17, 15) is 14.4 Å². The van der Waals surface area contributed by atoms with Crippen molar-refractivity contribution in [1.82, 2.24) is 9.78 Å². The van der Waals surface area contributed by atoms with Crippen LogP contribution in [0.4, 0.5) is 10.1 Å². The zero-order valence-corrected chi connectivity index (χ0v) is 16.1. The molecule has 0 aliphatic carbocycles. The van der Waals surface area contributed by atoms with Gasteiger partial charge in [0.1, 0.15) is 22.6 Å². The number of hydrogen-bond donors (Lipinski definition) is 1. The molecule has 0 fully saturated rings. The van der Waals surface area contributed by atoms with Gasteiger partial charge in [-0.05, 0) is 49.4 Å². The van der Waals surface area contributed by atoms with Gasteiger partial charge in [0.15, 0.2) is 0 Å². The van der Waals surface area contributed by atoms with E-state index >= 15 is 0 Å². The Kier molecular flexibility index (Phi) is 5.78. The Labute approximate surface area is 170 Å². The first-order chi connectivity index (χ1) is 13.4. The molecule has 0 saturated heterocycles. The van der Waals surface area contributed by atoms with Gasteiger partial charge in [0.2, 0.25) is 0 Å². The highest BCUT2D eigenvalue weighted by molar-refractivity contribution is 6.34. The summed E-state index contributed by atoms with van der Waals surface area (Å²) in [4.78, 5) is 12.5. The fraction of sp³-hybridized carbons (Fsp3) is 0.0500. The van der Waals surface area contributed by atoms with Gasteiger partial charge in [-0.2, -0.15) is 10.4 Å². The lowest BCUT2D eigenvalue weighted by Crippen LogP contribution is -2.13. The predicted molar refractivity (Wildman–Crippen MR) is 107 cm³/mol. The molecule has 0 radical (unpaired) electrons. The fourth-order valence-corrected chi connectivity index (χ4v) is 2.98. The van der Waals surface area contributed by atoms with E-state index in [-0.39, 0.29) is 16.5 Å². The van der Waals surface area contributed by atoms with Crippen molar-refractivity contribution in [2.45, 2.75) is 6.92 Å². The number of carbonyl (C=O) groups is 1. The first kappa shape index (κ1) is 19.6. The number of anilines is 1. The van der Waals surface area contributed by atoms with E-state index in [4.69, 9.17) is 23.2 Å². The maximum absolute atomic E-state index is 13.1. The van der Waals surface area contributed by atoms with E-state index in [2.05, 4.69) is 10.4 Å². The van der Waals surface area contributed by atoms with Crippen molar-refractivity contribution in [3.63, 3.8) is 0 Å². The minimum absolute atomic E-state index is 0.163. The Bertz CT molecular complexity index is 1110. The molecule has 0 aliphatic rings. The van der Waals surface area contributed by atoms with Crippen LogP contribution in [0, 0.1) is 24.1 Å². The zero-order valence-electron chi connectivity index (χ0n) is 14.6. The monoisotopic (exact) mass is 414 g/mol. The van der Waals surface area contributed by atoms with Crippen LogP contribution in [-0.4, -0.2) is 15.7 Å². The Morgan fingerprint density at radius 3 is 2.54 bits per heavy atom. The first-order valence-electron chi connectivity index (χ1n) is 8.09. The van der Waals surface area contributed by atoms with E-state index in [1.807, 2.05) is 6.07 Å². The van der Waals surface area contributed by atoms with Crippen molar-refractivity contribution in [2.75, 3.05) is 5.32 Å². The molecular weight excluding hydrogens is 402 g/mol. The topological polar surface area (TPSA) is 70.7 Å². The van der Waals surface area contributed by atoms with Crippen LogP contribution < -0.4 is 5.32 Å². The fourth-order valence-electron chi connectivity index (χ4n) is 2.47. The molecule has 0 atom stereocenters. The first-order valence-corrected chi connectivity index (χ1v) is 8.85. The second-order valence-corrected chi connectivity index (χ2v) is 6.55. The molecule has 28 heavy (non-hydrogen) atoms. The highest BCUT2D eigenvalue weighted by Gasteiger charge is 2.17. The van der Waals surface area contributed by atoms with Crippen LogP contribution in [0.2, 0.25) is 10.2 Å². The number of aromatic nitrogens is 2. The third-order valence-corrected chi connectivity index (χ3v) is 4.59. The van der Waals surface area contributed by atoms with Gasteiger partial charge in [0, 0.05) is 5.56 Å². The van der Waals surface area contributed by atoms with Crippen LogP contribution in [0.25, 0.3) is 11.8 Å². The number of benzene rings is 2. The molecule has 1 heterocycles. The number of hydrogen-bond acceptors (Lipinski definition) is 3. The molecule has 0 saturated carbocycles. The maximum atomic E-state index is 13.1. The predicted octanol–water partition coefficient (Wildman–Crippen LogP) is 5.17. The number of nitrogens with zero attached hydrogens (tertiary/aromatic N) is 3. The lowest BCUT2D eigenvalue weighted by molar-refractivity contribution is -0.112. The number of rotatable bonds is 4. The zero-order chi connectivity index (χ0) is 20.3. The van der Waals surface area contributed by atoms with E-state index in [1.165, 1.54) is 35.0 Å². The summed E-state index contributed by atoms with van der Waals surface area (Å²) in [7, 11) is 0. The van der Waals surface area contributed by atoms with Crippen molar-refractivity contribution in [2.24, 2.45) is 0 Å². The van der Waals surface area contributed by atoms with Crippen molar-refractivity contribution >= 4 is 40.9 Å². The summed E-state index contributed by atoms with van der Waals surface area (Å²) in [6.07, 6.45) is 1.36. The molecule has 0 bridgehead atoms. The van der Waals surface area contributed by atoms with Crippen LogP contribution in [0.5, 0.6) is 0 Å². The van der Waals surface area contributed by atoms with Crippen molar-refractivity contribution < 1.29 is 9.18 Å². The van der Waals surface area contributed by atoms with Gasteiger partial charge < -0.3 is 5.32 Å². The number of amides is 1. The summed E-state index contributed by atoms with van der Waals surface area (Å²) in [5.41, 5.74) is 1.70. The summed E-state index contributed by atoms with van der Waals surface area (Å²) in [5.74, 6) is -1.01. The Balaban J connectivity index is 1.95. The minimum Gasteiger partial charge on any atom is -0.320 e. The lowest BCUT2D eigenvalue weighted by atomic mass is 10.1. The third kappa shape index (κ3) is 4.06. The number of nitriles is 1. The van der Waals surface area contributed by atoms with Gasteiger partial charge in [-0.1, -0.05) is 35.3 Å². The van der Waals surface area contributed by atoms with Crippen LogP contribution in [0.3, 0.4) is 0 Å². The minimum atomic E-state index is -0.624. The molecule has 140 valence electrons. The van der Waals surface area contributed by atoms with E-state index in [0.29, 0.717) is 27.7 Å². The quantitative estimate of drug-likeness (QED) is 0.472. The molecule has 5 nitrogen and oxygen atoms in total. The summed E-state index contributed by atoms with van der Waals surface area (Å²) < 4.78 is 14.5. The number of nitrogens with one attached hydrogen (secondary N) is 1. The molecule has 3 aromatic rings. The molecule has 0 spiro atoms. The summed E-state index contributed by atoms with van der Waals surface area (Å²) in [5, 5.41) is 16.9. The second-order valence-electron chi connectivity index (χ2n) is 5.78. The molecule has 8 heteroatoms. The molecule has 3 rings (SSSR count). The van der Waals surface area contributed by atoms with Crippen LogP contribution in [-0.2, 0) is 4.79 Å². The van der Waals surface area contributed by atoms with Gasteiger partial charge in [0.05, 0.1) is 22.1 Å². The Morgan fingerprint density at radius 1 is 1.21 bits per heavy atom. The summed E-state index contributed by atoms with van der Waals surface area (Å²) in [6, 6.07) is 14.2. The van der Waals surface area contributed by atoms with Gasteiger partial charge in [-0.25, -0.2) is 9.07 Å². The summed E-state index contributed by atoms with van der Waals surface area (Å²) in [6.45, 7) is 1.69. The SMILES string of the molecule is Cc1nn(-c2ccc(F)cc2)c(Cl)c1/C=C(\C#N)C(=O)Nc1ccccc1Cl. The molecular formula is C20H13Cl2FN4O. The smallest absolute Gasteiger partial charge is 0.266 e. The van der Waals surface area contributed by atoms with E-state index in [1.54, 1.807) is 31.2 Å². The maximum Gasteiger partial charge on any atom is 0.266 e. The molecule has 0 aliphatic heterocycles. The average molecular weight is 415 g/mol. The molecule has 0 unspecified atom stereocenters. The Hall–Kier alpha value is -3.14. The molecule has 2 aromatic carbocycles. The number of carbonyl (C=O) groups excluding carboxylic acids is 1. The van der Waals surface area contributed by atoms with E-state index < -0.39 is 5.91 Å². The van der Waals surface area contributed by atoms with Crippen molar-refractivity contribution in [3.05, 3.63) is 81.4 Å². The van der Waals surface area contributed by atoms with Crippen LogP contribution in [0.15, 0.2) is 54.1 Å². The van der Waals surface area contributed by atoms with Gasteiger partial charge in [-0.3, -0.25) is 4.79 Å². The van der Waals surface area contributed by atoms with Crippen LogP contribution in [0.1, 0.15) is 11.3 Å². The molecule has 1 N–H and O–H groups in total. The number of aryl methyl sites for hydroxylation is 1. The second kappa shape index (κ2) is 8.26. The van der Waals surface area contributed by atoms with Crippen molar-refractivity contribution in [1.29, 1.82) is 5.26 Å². The largest absolute Gasteiger partial charge is 0.320 e. The lowest BCUT2D eigenvalue weighted by Gasteiger charge is -2.06. The van der Waals surface area contributed by atoms with Crippen LogP contribution >= 0.6 is 23.2 Å². The third-order valence-electron chi connectivity index (χ3n) is 3.90. The van der Waals surface area contributed by atoms with Gasteiger partial charge in [-0.15, -0.1) is 0 Å². The van der Waals surface area contributed by atoms with E-state index in [0.717, 1.165) is 0 Å². The highest BCUT2D eigenvalue weighted by Crippen LogP contribution is 2.27. The molecule has 1 aromatic heterocycles. The highest BCUT2D eigenvalue weighted by atomic mass is 35.5. The van der Waals surface area contributed by atoms with Crippen molar-refractivity contribution in [3.8, 4) is 11.8 Å². The number of halogens is 3. The van der Waals surface area contributed by atoms with Gasteiger partial charge in [0.25, 0.3) is 5.91 Å². The average Bonchev–Trinajstić information content (AvgIpc) is 2.96.